The Bertz CT molecular complexity index is 346. The molecule has 1 N–H and O–H groups in total. The maximum atomic E-state index is 12.0. The van der Waals surface area contributed by atoms with Crippen LogP contribution in [0.5, 0.6) is 0 Å². The van der Waals surface area contributed by atoms with Gasteiger partial charge >= 0.3 is 6.18 Å². The maximum absolute atomic E-state index is 12.0. The van der Waals surface area contributed by atoms with E-state index < -0.39 is 30.9 Å². The SMILES string of the molecule is C=C(C(=O)CCC(O)C(F)(F)F)C(=NC)C(C)C. The molecule has 0 aromatic carbocycles. The van der Waals surface area contributed by atoms with E-state index in [1.54, 1.807) is 0 Å². The molecule has 0 spiro atoms. The van der Waals surface area contributed by atoms with Crippen molar-refractivity contribution in [2.45, 2.75) is 39.0 Å². The van der Waals surface area contributed by atoms with Gasteiger partial charge < -0.3 is 5.11 Å². The third-order valence-electron chi connectivity index (χ3n) is 2.46. The second kappa shape index (κ2) is 6.68. The summed E-state index contributed by atoms with van der Waals surface area (Å²) in [6.07, 6.45) is -8.22. The number of aliphatic imine (C=N–C) groups is 1. The molecule has 18 heavy (non-hydrogen) atoms. The van der Waals surface area contributed by atoms with Gasteiger partial charge in [-0.05, 0) is 12.3 Å². The van der Waals surface area contributed by atoms with Gasteiger partial charge in [0.05, 0.1) is 0 Å². The molecule has 0 aliphatic heterocycles. The van der Waals surface area contributed by atoms with Gasteiger partial charge in [-0.1, -0.05) is 20.4 Å². The summed E-state index contributed by atoms with van der Waals surface area (Å²) >= 11 is 0. The molecule has 0 aromatic heterocycles. The number of Topliss-reactive ketones (excluding diaryl/α,β-unsaturated/α-hetero) is 1. The molecule has 0 aromatic rings. The van der Waals surface area contributed by atoms with Crippen molar-refractivity contribution in [3.8, 4) is 0 Å². The monoisotopic (exact) mass is 265 g/mol. The molecule has 3 nitrogen and oxygen atoms in total. The Labute approximate surface area is 104 Å². The van der Waals surface area contributed by atoms with E-state index in [1.807, 2.05) is 13.8 Å². The first-order valence-electron chi connectivity index (χ1n) is 5.55. The molecule has 0 aliphatic carbocycles. The summed E-state index contributed by atoms with van der Waals surface area (Å²) in [5.41, 5.74) is 0.586. The molecule has 0 bridgehead atoms. The highest BCUT2D eigenvalue weighted by atomic mass is 19.4. The first kappa shape index (κ1) is 16.8. The normalized spacial score (nSPS) is 14.8. The number of aliphatic hydroxyl groups excluding tert-OH is 1. The molecule has 0 fully saturated rings. The molecule has 1 atom stereocenters. The highest BCUT2D eigenvalue weighted by molar-refractivity contribution is 6.22. The fraction of sp³-hybridized carbons (Fsp3) is 0.667. The predicted molar refractivity (Wildman–Crippen MR) is 63.6 cm³/mol. The average molecular weight is 265 g/mol. The van der Waals surface area contributed by atoms with Crippen LogP contribution >= 0.6 is 0 Å². The molecule has 0 saturated heterocycles. The quantitative estimate of drug-likeness (QED) is 0.592. The van der Waals surface area contributed by atoms with Crippen LogP contribution in [0.4, 0.5) is 13.2 Å². The summed E-state index contributed by atoms with van der Waals surface area (Å²) in [5.74, 6) is -0.549. The smallest absolute Gasteiger partial charge is 0.384 e. The standard InChI is InChI=1S/C12H18F3NO2/c1-7(2)11(16-4)8(3)9(17)5-6-10(18)12(13,14)15/h7,10,18H,3,5-6H2,1-2,4H3. The summed E-state index contributed by atoms with van der Waals surface area (Å²) in [6.45, 7) is 7.17. The Hall–Kier alpha value is -1.17. The van der Waals surface area contributed by atoms with Crippen molar-refractivity contribution in [1.29, 1.82) is 0 Å². The number of aliphatic hydroxyl groups is 1. The maximum Gasteiger partial charge on any atom is 0.414 e. The first-order valence-corrected chi connectivity index (χ1v) is 5.55. The number of halogens is 3. The van der Waals surface area contributed by atoms with Gasteiger partial charge in [0.15, 0.2) is 5.78 Å². The van der Waals surface area contributed by atoms with Crippen molar-refractivity contribution in [3.05, 3.63) is 12.2 Å². The van der Waals surface area contributed by atoms with E-state index in [2.05, 4.69) is 11.6 Å². The average Bonchev–Trinajstić information content (AvgIpc) is 2.24. The molecule has 0 heterocycles. The van der Waals surface area contributed by atoms with Gasteiger partial charge in [-0.25, -0.2) is 0 Å². The van der Waals surface area contributed by atoms with Gasteiger partial charge in [-0.15, -0.1) is 0 Å². The highest BCUT2D eigenvalue weighted by Crippen LogP contribution is 2.24. The molecule has 1 unspecified atom stereocenters. The third kappa shape index (κ3) is 5.00. The molecule has 0 aliphatic rings. The van der Waals surface area contributed by atoms with E-state index in [9.17, 15) is 18.0 Å². The van der Waals surface area contributed by atoms with E-state index in [1.165, 1.54) is 7.05 Å². The number of carbonyl (C=O) groups excluding carboxylic acids is 1. The zero-order chi connectivity index (χ0) is 14.5. The van der Waals surface area contributed by atoms with Crippen LogP contribution in [0.1, 0.15) is 26.7 Å². The van der Waals surface area contributed by atoms with Crippen molar-refractivity contribution in [1.82, 2.24) is 0 Å². The van der Waals surface area contributed by atoms with Gasteiger partial charge in [0, 0.05) is 24.8 Å². The zero-order valence-corrected chi connectivity index (χ0v) is 10.7. The van der Waals surface area contributed by atoms with Crippen LogP contribution in [0.15, 0.2) is 17.1 Å². The fourth-order valence-corrected chi connectivity index (χ4v) is 1.47. The molecule has 0 saturated carbocycles. The van der Waals surface area contributed by atoms with Crippen molar-refractivity contribution in [2.24, 2.45) is 10.9 Å². The number of alkyl halides is 3. The van der Waals surface area contributed by atoms with Crippen molar-refractivity contribution in [2.75, 3.05) is 7.05 Å². The van der Waals surface area contributed by atoms with Crippen LogP contribution in [-0.2, 0) is 4.79 Å². The van der Waals surface area contributed by atoms with E-state index >= 15 is 0 Å². The number of carbonyl (C=O) groups is 1. The molecule has 104 valence electrons. The van der Waals surface area contributed by atoms with Gasteiger partial charge in [-0.3, -0.25) is 9.79 Å². The highest BCUT2D eigenvalue weighted by Gasteiger charge is 2.38. The largest absolute Gasteiger partial charge is 0.414 e. The molecular formula is C12H18F3NO2. The number of hydrogen-bond donors (Lipinski definition) is 1. The molecule has 6 heteroatoms. The Morgan fingerprint density at radius 3 is 2.22 bits per heavy atom. The summed E-state index contributed by atoms with van der Waals surface area (Å²) in [5, 5.41) is 8.78. The number of nitrogens with zero attached hydrogens (tertiary/aromatic N) is 1. The zero-order valence-electron chi connectivity index (χ0n) is 10.7. The second-order valence-corrected chi connectivity index (χ2v) is 4.26. The number of rotatable bonds is 6. The summed E-state index contributed by atoms with van der Waals surface area (Å²) in [4.78, 5) is 15.5. The van der Waals surface area contributed by atoms with E-state index in [4.69, 9.17) is 5.11 Å². The van der Waals surface area contributed by atoms with Crippen LogP contribution in [0, 0.1) is 5.92 Å². The summed E-state index contributed by atoms with van der Waals surface area (Å²) in [7, 11) is 1.50. The number of ketones is 1. The van der Waals surface area contributed by atoms with Crippen molar-refractivity contribution in [3.63, 3.8) is 0 Å². The van der Waals surface area contributed by atoms with Gasteiger partial charge in [-0.2, -0.15) is 13.2 Å². The lowest BCUT2D eigenvalue weighted by Gasteiger charge is -2.15. The van der Waals surface area contributed by atoms with Crippen molar-refractivity contribution < 1.29 is 23.1 Å². The van der Waals surface area contributed by atoms with Crippen LogP contribution < -0.4 is 0 Å². The Kier molecular flexibility index (Phi) is 6.25. The Morgan fingerprint density at radius 1 is 1.39 bits per heavy atom. The number of hydrogen-bond acceptors (Lipinski definition) is 3. The van der Waals surface area contributed by atoms with Gasteiger partial charge in [0.1, 0.15) is 6.10 Å². The molecule has 0 radical (unpaired) electrons. The minimum absolute atomic E-state index is 0.0287. The second-order valence-electron chi connectivity index (χ2n) is 4.26. The third-order valence-corrected chi connectivity index (χ3v) is 2.46. The first-order chi connectivity index (χ1) is 8.11. The van der Waals surface area contributed by atoms with E-state index in [0.29, 0.717) is 5.71 Å². The molecule has 0 amide bonds. The lowest BCUT2D eigenvalue weighted by Crippen LogP contribution is -2.29. The fourth-order valence-electron chi connectivity index (χ4n) is 1.47. The lowest BCUT2D eigenvalue weighted by atomic mass is 9.95. The summed E-state index contributed by atoms with van der Waals surface area (Å²) < 4.78 is 36.1. The lowest BCUT2D eigenvalue weighted by molar-refractivity contribution is -0.205. The Balaban J connectivity index is 4.48. The van der Waals surface area contributed by atoms with Gasteiger partial charge in [0.2, 0.25) is 0 Å². The molecule has 0 rings (SSSR count). The van der Waals surface area contributed by atoms with Crippen LogP contribution in [-0.4, -0.2) is 35.9 Å². The number of allylic oxidation sites excluding steroid dienone is 1. The van der Waals surface area contributed by atoms with Crippen molar-refractivity contribution >= 4 is 11.5 Å². The van der Waals surface area contributed by atoms with Crippen LogP contribution in [0.3, 0.4) is 0 Å². The van der Waals surface area contributed by atoms with Crippen LogP contribution in [0.25, 0.3) is 0 Å². The van der Waals surface area contributed by atoms with Crippen LogP contribution in [0.2, 0.25) is 0 Å². The van der Waals surface area contributed by atoms with E-state index in [-0.39, 0.29) is 11.5 Å². The Morgan fingerprint density at radius 2 is 1.89 bits per heavy atom. The molecular weight excluding hydrogens is 247 g/mol. The van der Waals surface area contributed by atoms with E-state index in [0.717, 1.165) is 0 Å². The minimum atomic E-state index is -4.69. The predicted octanol–water partition coefficient (Wildman–Crippen LogP) is 2.54. The topological polar surface area (TPSA) is 49.7 Å². The minimum Gasteiger partial charge on any atom is -0.384 e. The van der Waals surface area contributed by atoms with Gasteiger partial charge in [0.25, 0.3) is 0 Å². The summed E-state index contributed by atoms with van der Waals surface area (Å²) in [6, 6.07) is 0.